The first kappa shape index (κ1) is 19.4. The lowest BCUT2D eigenvalue weighted by atomic mass is 10.1. The second-order valence-electron chi connectivity index (χ2n) is 7.10. The van der Waals surface area contributed by atoms with Gasteiger partial charge in [-0.05, 0) is 30.7 Å². The summed E-state index contributed by atoms with van der Waals surface area (Å²) in [6.07, 6.45) is 1.60. The second-order valence-corrected chi connectivity index (χ2v) is 7.50. The predicted octanol–water partition coefficient (Wildman–Crippen LogP) is 3.73. The predicted molar refractivity (Wildman–Crippen MR) is 111 cm³/mol. The largest absolute Gasteiger partial charge is 0.489 e. The van der Waals surface area contributed by atoms with Crippen LogP contribution in [-0.4, -0.2) is 50.2 Å². The zero-order valence-corrected chi connectivity index (χ0v) is 16.8. The normalized spacial score (nSPS) is 16.6. The van der Waals surface area contributed by atoms with Crippen molar-refractivity contribution in [3.8, 4) is 17.6 Å². The minimum absolute atomic E-state index is 0.0713. The number of para-hydroxylation sites is 1. The van der Waals surface area contributed by atoms with E-state index in [1.165, 1.54) is 0 Å². The number of hydrogen-bond acceptors (Lipinski definition) is 5. The van der Waals surface area contributed by atoms with Crippen LogP contribution in [0.3, 0.4) is 0 Å². The third kappa shape index (κ3) is 4.10. The number of amides is 1. The first-order valence-electron chi connectivity index (χ1n) is 9.80. The Morgan fingerprint density at radius 1 is 1.03 bits per heavy atom. The Hall–Kier alpha value is -2.91. The number of hydrogen-bond donors (Lipinski definition) is 0. The van der Waals surface area contributed by atoms with Crippen LogP contribution in [0.4, 0.5) is 5.69 Å². The van der Waals surface area contributed by atoms with Crippen molar-refractivity contribution in [1.29, 1.82) is 5.26 Å². The highest BCUT2D eigenvalue weighted by Gasteiger charge is 2.24. The van der Waals surface area contributed by atoms with Crippen LogP contribution < -0.4 is 14.4 Å². The molecule has 0 radical (unpaired) electrons. The molecule has 6 nitrogen and oxygen atoms in total. The summed E-state index contributed by atoms with van der Waals surface area (Å²) in [6, 6.07) is 13.2. The molecule has 0 unspecified atom stereocenters. The second kappa shape index (κ2) is 8.62. The van der Waals surface area contributed by atoms with Crippen LogP contribution in [0.25, 0.3) is 0 Å². The van der Waals surface area contributed by atoms with Crippen LogP contribution in [0.15, 0.2) is 36.4 Å². The molecule has 0 atom stereocenters. The minimum Gasteiger partial charge on any atom is -0.489 e. The molecular weight excluding hydrogens is 390 g/mol. The number of carbonyl (C=O) groups is 1. The van der Waals surface area contributed by atoms with Crippen molar-refractivity contribution in [1.82, 2.24) is 4.90 Å². The van der Waals surface area contributed by atoms with Crippen LogP contribution in [0.1, 0.15) is 28.8 Å². The zero-order valence-electron chi connectivity index (χ0n) is 16.1. The Morgan fingerprint density at radius 2 is 1.86 bits per heavy atom. The van der Waals surface area contributed by atoms with Crippen LogP contribution in [0, 0.1) is 11.3 Å². The number of carbonyl (C=O) groups excluding carboxylic acids is 1. The van der Waals surface area contributed by atoms with Crippen LogP contribution >= 0.6 is 11.6 Å². The number of nitriles is 1. The van der Waals surface area contributed by atoms with Crippen LogP contribution in [0.5, 0.6) is 11.5 Å². The molecule has 4 rings (SSSR count). The average molecular weight is 412 g/mol. The maximum Gasteiger partial charge on any atom is 0.254 e. The highest BCUT2D eigenvalue weighted by atomic mass is 35.5. The van der Waals surface area contributed by atoms with E-state index in [2.05, 4.69) is 11.0 Å². The van der Waals surface area contributed by atoms with E-state index in [0.717, 1.165) is 25.1 Å². The first-order valence-corrected chi connectivity index (χ1v) is 10.2. The Bertz CT molecular complexity index is 957. The third-order valence-corrected chi connectivity index (χ3v) is 5.48. The highest BCUT2D eigenvalue weighted by Crippen LogP contribution is 2.38. The molecule has 1 saturated heterocycles. The smallest absolute Gasteiger partial charge is 0.254 e. The molecule has 1 amide bonds. The van der Waals surface area contributed by atoms with Gasteiger partial charge in [0, 0.05) is 38.2 Å². The van der Waals surface area contributed by atoms with Crippen molar-refractivity contribution in [2.24, 2.45) is 0 Å². The zero-order chi connectivity index (χ0) is 20.2. The molecule has 2 aliphatic heterocycles. The molecule has 0 N–H and O–H groups in total. The Kier molecular flexibility index (Phi) is 5.77. The van der Waals surface area contributed by atoms with Gasteiger partial charge in [0.25, 0.3) is 5.91 Å². The highest BCUT2D eigenvalue weighted by molar-refractivity contribution is 6.32. The van der Waals surface area contributed by atoms with Gasteiger partial charge in [0.1, 0.15) is 6.07 Å². The minimum atomic E-state index is -0.0713. The van der Waals surface area contributed by atoms with Gasteiger partial charge in [-0.15, -0.1) is 0 Å². The Morgan fingerprint density at radius 3 is 2.72 bits per heavy atom. The van der Waals surface area contributed by atoms with Gasteiger partial charge in [-0.1, -0.05) is 23.7 Å². The molecule has 2 aliphatic rings. The van der Waals surface area contributed by atoms with Gasteiger partial charge >= 0.3 is 0 Å². The van der Waals surface area contributed by atoms with Crippen molar-refractivity contribution >= 4 is 23.2 Å². The molecule has 150 valence electrons. The lowest BCUT2D eigenvalue weighted by Gasteiger charge is -2.24. The van der Waals surface area contributed by atoms with Crippen molar-refractivity contribution in [2.45, 2.75) is 12.8 Å². The third-order valence-electron chi connectivity index (χ3n) is 5.20. The summed E-state index contributed by atoms with van der Waals surface area (Å²) in [4.78, 5) is 17.2. The van der Waals surface area contributed by atoms with Crippen molar-refractivity contribution in [3.05, 3.63) is 52.5 Å². The summed E-state index contributed by atoms with van der Waals surface area (Å²) in [5.41, 5.74) is 2.08. The molecule has 0 aromatic heterocycles. The van der Waals surface area contributed by atoms with Crippen LogP contribution in [-0.2, 0) is 0 Å². The van der Waals surface area contributed by atoms with E-state index in [1.54, 1.807) is 12.1 Å². The summed E-state index contributed by atoms with van der Waals surface area (Å²) >= 11 is 6.36. The van der Waals surface area contributed by atoms with Crippen molar-refractivity contribution < 1.29 is 14.3 Å². The molecule has 2 aromatic carbocycles. The molecule has 0 spiro atoms. The van der Waals surface area contributed by atoms with Gasteiger partial charge in [0.05, 0.1) is 29.5 Å². The van der Waals surface area contributed by atoms with E-state index >= 15 is 0 Å². The lowest BCUT2D eigenvalue weighted by molar-refractivity contribution is 0.0766. The Labute approximate surface area is 175 Å². The standard InChI is InChI=1S/C22H22ClN3O3/c23-18-13-17(14-20-21(18)29-12-4-11-28-20)22(27)26-8-3-7-25(9-10-26)19-6-2-1-5-16(19)15-24/h1-2,5-6,13-14H,3-4,7-12H2. The van der Waals surface area contributed by atoms with Gasteiger partial charge in [0.15, 0.2) is 11.5 Å². The summed E-state index contributed by atoms with van der Waals surface area (Å²) in [5.74, 6) is 0.964. The van der Waals surface area contributed by atoms with E-state index in [0.29, 0.717) is 60.5 Å². The molecule has 1 fully saturated rings. The van der Waals surface area contributed by atoms with Crippen molar-refractivity contribution in [2.75, 3.05) is 44.3 Å². The van der Waals surface area contributed by atoms with E-state index in [9.17, 15) is 10.1 Å². The molecule has 2 aromatic rings. The fourth-order valence-electron chi connectivity index (χ4n) is 3.74. The van der Waals surface area contributed by atoms with Gasteiger partial charge in [-0.25, -0.2) is 0 Å². The van der Waals surface area contributed by atoms with Crippen LogP contribution in [0.2, 0.25) is 5.02 Å². The number of rotatable bonds is 2. The summed E-state index contributed by atoms with van der Waals surface area (Å²) in [6.45, 7) is 3.78. The van der Waals surface area contributed by atoms with Gasteiger partial charge in [-0.3, -0.25) is 4.79 Å². The molecule has 2 heterocycles. The molecular formula is C22H22ClN3O3. The fourth-order valence-corrected chi connectivity index (χ4v) is 4.01. The number of fused-ring (bicyclic) bond motifs is 1. The van der Waals surface area contributed by atoms with Crippen molar-refractivity contribution in [3.63, 3.8) is 0 Å². The van der Waals surface area contributed by atoms with E-state index in [1.807, 2.05) is 29.2 Å². The summed E-state index contributed by atoms with van der Waals surface area (Å²) in [5, 5.41) is 9.77. The van der Waals surface area contributed by atoms with E-state index in [4.69, 9.17) is 21.1 Å². The fraction of sp³-hybridized carbons (Fsp3) is 0.364. The number of nitrogens with zero attached hydrogens (tertiary/aromatic N) is 3. The maximum atomic E-state index is 13.1. The molecule has 7 heteroatoms. The quantitative estimate of drug-likeness (QED) is 0.753. The monoisotopic (exact) mass is 411 g/mol. The first-order chi connectivity index (χ1) is 14.2. The number of anilines is 1. The Balaban J connectivity index is 1.51. The molecule has 29 heavy (non-hydrogen) atoms. The van der Waals surface area contributed by atoms with E-state index in [-0.39, 0.29) is 5.91 Å². The topological polar surface area (TPSA) is 65.8 Å². The lowest BCUT2D eigenvalue weighted by Crippen LogP contribution is -2.35. The SMILES string of the molecule is N#Cc1ccccc1N1CCCN(C(=O)c2cc(Cl)c3c(c2)OCCCO3)CC1. The molecule has 0 aliphatic carbocycles. The maximum absolute atomic E-state index is 13.1. The molecule has 0 saturated carbocycles. The van der Waals surface area contributed by atoms with E-state index < -0.39 is 0 Å². The number of ether oxygens (including phenoxy) is 2. The molecule has 0 bridgehead atoms. The summed E-state index contributed by atoms with van der Waals surface area (Å²) in [7, 11) is 0. The number of halogens is 1. The summed E-state index contributed by atoms with van der Waals surface area (Å²) < 4.78 is 11.4. The number of benzene rings is 2. The average Bonchev–Trinajstić information content (AvgIpc) is 3.14. The van der Waals surface area contributed by atoms with Gasteiger partial charge < -0.3 is 19.3 Å². The van der Waals surface area contributed by atoms with Gasteiger partial charge in [0.2, 0.25) is 0 Å². The van der Waals surface area contributed by atoms with Gasteiger partial charge in [-0.2, -0.15) is 5.26 Å².